The standard InChI is InChI=1S/C13H18N4O5S/c1-5-17(9-7(23-5)10(21)16-12(14)15-9)11-8(20)13(2,4-19)6(3-18)22-11/h6,8,11,18-20H,1,3-4H2,2H3,(H3,14,15,16,21)/t6-,8+,11-,13-/m1/s1. The van der Waals surface area contributed by atoms with Crippen molar-refractivity contribution in [1.82, 2.24) is 9.97 Å². The molecule has 0 unspecified atom stereocenters. The molecule has 3 heterocycles. The summed E-state index contributed by atoms with van der Waals surface area (Å²) in [5.74, 6) is -0.136. The second-order valence-electron chi connectivity index (χ2n) is 5.73. The van der Waals surface area contributed by atoms with Crippen LogP contribution in [0.5, 0.6) is 5.88 Å². The number of thioether (sulfide) groups is 1. The van der Waals surface area contributed by atoms with Crippen LogP contribution in [0.1, 0.15) is 6.92 Å². The van der Waals surface area contributed by atoms with E-state index in [1.807, 2.05) is 0 Å². The zero-order valence-corrected chi connectivity index (χ0v) is 13.2. The smallest absolute Gasteiger partial charge is 0.232 e. The molecular formula is C13H18N4O5S. The van der Waals surface area contributed by atoms with Crippen LogP contribution in [0.3, 0.4) is 0 Å². The molecule has 6 N–H and O–H groups in total. The van der Waals surface area contributed by atoms with Crippen LogP contribution in [-0.4, -0.2) is 62.0 Å². The minimum Gasteiger partial charge on any atom is -0.492 e. The number of aliphatic hydroxyl groups excluding tert-OH is 3. The number of hydrogen-bond donors (Lipinski definition) is 5. The van der Waals surface area contributed by atoms with Gasteiger partial charge >= 0.3 is 0 Å². The molecule has 1 aromatic rings. The lowest BCUT2D eigenvalue weighted by molar-refractivity contribution is -0.0346. The van der Waals surface area contributed by atoms with Crippen LogP contribution in [0.15, 0.2) is 16.5 Å². The highest BCUT2D eigenvalue weighted by atomic mass is 32.2. The van der Waals surface area contributed by atoms with Gasteiger partial charge in [-0.05, 0) is 0 Å². The number of rotatable bonds is 3. The van der Waals surface area contributed by atoms with Gasteiger partial charge in [-0.15, -0.1) is 0 Å². The molecule has 126 valence electrons. The number of aliphatic hydroxyl groups is 3. The first-order valence-electron chi connectivity index (χ1n) is 6.91. The minimum absolute atomic E-state index is 0.127. The SMILES string of the molecule is C=C1Sc2c(O)nc(N)nc2N1[C@@H]1O[C@H](CO)[C@@](C)(CO)[C@H]1O. The average molecular weight is 342 g/mol. The summed E-state index contributed by atoms with van der Waals surface area (Å²) in [7, 11) is 0. The van der Waals surface area contributed by atoms with Gasteiger partial charge in [0, 0.05) is 5.41 Å². The molecule has 4 atom stereocenters. The van der Waals surface area contributed by atoms with Crippen LogP contribution in [0, 0.1) is 5.41 Å². The topological polar surface area (TPSA) is 145 Å². The number of fused-ring (bicyclic) bond motifs is 1. The Balaban J connectivity index is 2.03. The number of anilines is 2. The molecular weight excluding hydrogens is 324 g/mol. The lowest BCUT2D eigenvalue weighted by atomic mass is 9.81. The number of hydrogen-bond acceptors (Lipinski definition) is 10. The quantitative estimate of drug-likeness (QED) is 0.474. The molecule has 1 saturated heterocycles. The summed E-state index contributed by atoms with van der Waals surface area (Å²) < 4.78 is 5.73. The van der Waals surface area contributed by atoms with Gasteiger partial charge in [-0.1, -0.05) is 25.3 Å². The van der Waals surface area contributed by atoms with Crippen molar-refractivity contribution in [2.24, 2.45) is 5.41 Å². The number of nitrogen functional groups attached to an aromatic ring is 1. The zero-order valence-electron chi connectivity index (χ0n) is 12.4. The molecule has 0 bridgehead atoms. The molecule has 0 radical (unpaired) electrons. The van der Waals surface area contributed by atoms with Gasteiger partial charge in [0.1, 0.15) is 11.0 Å². The highest BCUT2D eigenvalue weighted by molar-refractivity contribution is 8.03. The predicted octanol–water partition coefficient (Wildman–Crippen LogP) is -0.776. The van der Waals surface area contributed by atoms with Crippen LogP contribution < -0.4 is 10.6 Å². The van der Waals surface area contributed by atoms with E-state index < -0.39 is 23.9 Å². The Kier molecular flexibility index (Phi) is 3.89. The maximum Gasteiger partial charge on any atom is 0.232 e. The third-order valence-corrected chi connectivity index (χ3v) is 5.31. The second-order valence-corrected chi connectivity index (χ2v) is 6.81. The Labute approximate surface area is 136 Å². The molecule has 9 nitrogen and oxygen atoms in total. The summed E-state index contributed by atoms with van der Waals surface area (Å²) in [5.41, 5.74) is 4.53. The Hall–Kier alpha value is -1.59. The Morgan fingerprint density at radius 1 is 1.43 bits per heavy atom. The van der Waals surface area contributed by atoms with Crippen molar-refractivity contribution >= 4 is 23.5 Å². The van der Waals surface area contributed by atoms with Gasteiger partial charge in [-0.2, -0.15) is 9.97 Å². The zero-order chi connectivity index (χ0) is 16.9. The molecule has 0 saturated carbocycles. The van der Waals surface area contributed by atoms with E-state index in [4.69, 9.17) is 10.5 Å². The summed E-state index contributed by atoms with van der Waals surface area (Å²) in [5, 5.41) is 40.1. The van der Waals surface area contributed by atoms with Crippen LogP contribution >= 0.6 is 11.8 Å². The van der Waals surface area contributed by atoms with Crippen LogP contribution in [0.4, 0.5) is 11.8 Å². The highest BCUT2D eigenvalue weighted by Gasteiger charge is 2.56. The second kappa shape index (κ2) is 5.49. The van der Waals surface area contributed by atoms with E-state index in [2.05, 4.69) is 16.5 Å². The fraction of sp³-hybridized carbons (Fsp3) is 0.538. The van der Waals surface area contributed by atoms with E-state index in [9.17, 15) is 20.4 Å². The number of ether oxygens (including phenoxy) is 1. The predicted molar refractivity (Wildman–Crippen MR) is 82.5 cm³/mol. The van der Waals surface area contributed by atoms with Crippen LogP contribution in [0.25, 0.3) is 0 Å². The monoisotopic (exact) mass is 342 g/mol. The van der Waals surface area contributed by atoms with E-state index in [0.29, 0.717) is 9.92 Å². The molecule has 0 aliphatic carbocycles. The van der Waals surface area contributed by atoms with E-state index in [1.165, 1.54) is 4.90 Å². The van der Waals surface area contributed by atoms with E-state index in [1.54, 1.807) is 6.92 Å². The molecule has 10 heteroatoms. The van der Waals surface area contributed by atoms with Gasteiger partial charge in [-0.25, -0.2) is 0 Å². The minimum atomic E-state index is -1.12. The Morgan fingerprint density at radius 2 is 2.13 bits per heavy atom. The van der Waals surface area contributed by atoms with Crippen molar-refractivity contribution in [3.8, 4) is 5.88 Å². The van der Waals surface area contributed by atoms with E-state index >= 15 is 0 Å². The Morgan fingerprint density at radius 3 is 2.70 bits per heavy atom. The normalized spacial score (nSPS) is 33.3. The lowest BCUT2D eigenvalue weighted by Crippen LogP contribution is -2.46. The summed E-state index contributed by atoms with van der Waals surface area (Å²) in [6.45, 7) is 4.77. The van der Waals surface area contributed by atoms with Crippen LogP contribution in [0.2, 0.25) is 0 Å². The average Bonchev–Trinajstić information content (AvgIpc) is 2.95. The van der Waals surface area contributed by atoms with Crippen molar-refractivity contribution in [2.45, 2.75) is 30.3 Å². The number of aromatic hydroxyl groups is 1. The van der Waals surface area contributed by atoms with Gasteiger partial charge in [0.25, 0.3) is 0 Å². The maximum absolute atomic E-state index is 10.6. The van der Waals surface area contributed by atoms with Gasteiger partial charge in [0.15, 0.2) is 12.0 Å². The number of aromatic nitrogens is 2. The molecule has 2 aliphatic heterocycles. The fourth-order valence-electron chi connectivity index (χ4n) is 2.81. The molecule has 0 spiro atoms. The van der Waals surface area contributed by atoms with E-state index in [-0.39, 0.29) is 30.9 Å². The van der Waals surface area contributed by atoms with Crippen molar-refractivity contribution in [3.05, 3.63) is 11.6 Å². The van der Waals surface area contributed by atoms with Crippen molar-refractivity contribution in [3.63, 3.8) is 0 Å². The van der Waals surface area contributed by atoms with Crippen molar-refractivity contribution in [2.75, 3.05) is 23.8 Å². The molecule has 1 aromatic heterocycles. The Bertz CT molecular complexity index is 659. The van der Waals surface area contributed by atoms with Crippen LogP contribution in [-0.2, 0) is 4.74 Å². The molecule has 0 aromatic carbocycles. The first-order chi connectivity index (χ1) is 10.8. The highest BCUT2D eigenvalue weighted by Crippen LogP contribution is 2.52. The largest absolute Gasteiger partial charge is 0.492 e. The summed E-state index contributed by atoms with van der Waals surface area (Å²) in [4.78, 5) is 9.62. The first-order valence-corrected chi connectivity index (χ1v) is 7.72. The van der Waals surface area contributed by atoms with Crippen molar-refractivity contribution < 1.29 is 25.2 Å². The molecule has 3 rings (SSSR count). The number of nitrogens with zero attached hydrogens (tertiary/aromatic N) is 3. The first kappa shape index (κ1) is 16.3. The molecule has 2 aliphatic rings. The maximum atomic E-state index is 10.6. The number of nitrogens with two attached hydrogens (primary N) is 1. The van der Waals surface area contributed by atoms with Gasteiger partial charge in [0.2, 0.25) is 11.8 Å². The van der Waals surface area contributed by atoms with Gasteiger partial charge in [-0.3, -0.25) is 4.90 Å². The van der Waals surface area contributed by atoms with Crippen molar-refractivity contribution in [1.29, 1.82) is 0 Å². The lowest BCUT2D eigenvalue weighted by Gasteiger charge is -2.31. The molecule has 0 amide bonds. The summed E-state index contributed by atoms with van der Waals surface area (Å²) >= 11 is 1.12. The summed E-state index contributed by atoms with van der Waals surface area (Å²) in [6, 6.07) is 0. The van der Waals surface area contributed by atoms with Gasteiger partial charge < -0.3 is 30.9 Å². The third kappa shape index (κ3) is 2.25. The van der Waals surface area contributed by atoms with E-state index in [0.717, 1.165) is 11.8 Å². The third-order valence-electron chi connectivity index (χ3n) is 4.31. The van der Waals surface area contributed by atoms with Gasteiger partial charge in [0.05, 0.1) is 24.3 Å². The summed E-state index contributed by atoms with van der Waals surface area (Å²) in [6.07, 6.45) is -2.81. The fourth-order valence-corrected chi connectivity index (χ4v) is 3.71. The molecule has 1 fully saturated rings. The molecule has 23 heavy (non-hydrogen) atoms.